The van der Waals surface area contributed by atoms with Crippen molar-refractivity contribution in [1.82, 2.24) is 19.5 Å². The van der Waals surface area contributed by atoms with Gasteiger partial charge in [0.1, 0.15) is 0 Å². The van der Waals surface area contributed by atoms with Gasteiger partial charge in [-0.05, 0) is 70.4 Å². The second-order valence-electron chi connectivity index (χ2n) is 12.1. The maximum atomic E-state index is 13.6. The Hall–Kier alpha value is -4.67. The van der Waals surface area contributed by atoms with Crippen molar-refractivity contribution in [3.8, 4) is 16.9 Å². The molecule has 0 unspecified atom stereocenters. The van der Waals surface area contributed by atoms with E-state index in [1.54, 1.807) is 58.9 Å². The van der Waals surface area contributed by atoms with Gasteiger partial charge in [0.05, 0.1) is 33.7 Å². The van der Waals surface area contributed by atoms with Gasteiger partial charge < -0.3 is 14.8 Å². The molecule has 3 aromatic rings. The third-order valence-corrected chi connectivity index (χ3v) is 8.04. The van der Waals surface area contributed by atoms with Crippen LogP contribution in [0.3, 0.4) is 0 Å². The second kappa shape index (κ2) is 14.4. The highest BCUT2D eigenvalue weighted by atomic mass is 32.2. The Balaban J connectivity index is 1.82. The SMILES string of the molecule is Cc1ccc(-c2cc(C(F)(F)F)nn2-c2ccc(S(=O)(=O)NC(=O)[C@H](CC(C)C)N(C)[N+]([O-])=NOCOC(=O)C(C)(C)C)cc2)cc1. The molecule has 2 aromatic carbocycles. The number of benzene rings is 2. The monoisotopic (exact) mass is 682 g/mol. The van der Waals surface area contributed by atoms with Gasteiger partial charge in [-0.25, -0.2) is 17.8 Å². The van der Waals surface area contributed by atoms with E-state index < -0.39 is 52.0 Å². The van der Waals surface area contributed by atoms with E-state index in [0.717, 1.165) is 33.5 Å². The molecule has 1 N–H and O–H groups in total. The maximum absolute atomic E-state index is 13.6. The minimum Gasteiger partial charge on any atom is -0.569 e. The fourth-order valence-electron chi connectivity index (χ4n) is 4.09. The number of ether oxygens (including phenoxy) is 1. The summed E-state index contributed by atoms with van der Waals surface area (Å²) < 4.78 is 74.9. The Kier molecular flexibility index (Phi) is 11.3. The lowest BCUT2D eigenvalue weighted by molar-refractivity contribution is -0.711. The van der Waals surface area contributed by atoms with E-state index in [-0.39, 0.29) is 33.6 Å². The molecule has 256 valence electrons. The van der Waals surface area contributed by atoms with E-state index in [2.05, 4.69) is 10.4 Å². The number of nitrogens with zero attached hydrogens (tertiary/aromatic N) is 5. The minimum atomic E-state index is -4.73. The largest absolute Gasteiger partial charge is 0.569 e. The number of carbonyl (C=O) groups is 2. The van der Waals surface area contributed by atoms with Gasteiger partial charge in [-0.15, -0.1) is 5.01 Å². The summed E-state index contributed by atoms with van der Waals surface area (Å²) in [6.45, 7) is 9.52. The highest BCUT2D eigenvalue weighted by Gasteiger charge is 2.36. The van der Waals surface area contributed by atoms with E-state index in [1.807, 2.05) is 11.6 Å². The number of likely N-dealkylation sites (N-methyl/N-ethyl adjacent to an activating group) is 1. The quantitative estimate of drug-likeness (QED) is 0.0662. The molecule has 0 saturated carbocycles. The predicted octanol–water partition coefficient (Wildman–Crippen LogP) is 5.37. The van der Waals surface area contributed by atoms with E-state index >= 15 is 0 Å². The van der Waals surface area contributed by atoms with Crippen LogP contribution in [0.15, 0.2) is 64.8 Å². The molecule has 13 nitrogen and oxygen atoms in total. The highest BCUT2D eigenvalue weighted by Crippen LogP contribution is 2.33. The molecule has 3 rings (SSSR count). The first kappa shape index (κ1) is 36.8. The zero-order chi connectivity index (χ0) is 35.3. The summed E-state index contributed by atoms with van der Waals surface area (Å²) in [5.41, 5.74) is -0.325. The molecule has 1 amide bonds. The van der Waals surface area contributed by atoms with Crippen LogP contribution < -0.4 is 4.72 Å². The summed E-state index contributed by atoms with van der Waals surface area (Å²) in [6, 6.07) is 11.1. The maximum Gasteiger partial charge on any atom is 0.435 e. The van der Waals surface area contributed by atoms with Gasteiger partial charge in [-0.1, -0.05) is 43.7 Å². The van der Waals surface area contributed by atoms with Gasteiger partial charge in [0.15, 0.2) is 11.7 Å². The highest BCUT2D eigenvalue weighted by molar-refractivity contribution is 7.90. The smallest absolute Gasteiger partial charge is 0.435 e. The first-order valence-corrected chi connectivity index (χ1v) is 15.8. The number of rotatable bonds is 12. The number of sulfonamides is 1. The Morgan fingerprint density at radius 1 is 1.09 bits per heavy atom. The summed E-state index contributed by atoms with van der Waals surface area (Å²) in [4.78, 5) is 29.3. The third-order valence-electron chi connectivity index (χ3n) is 6.67. The lowest BCUT2D eigenvalue weighted by atomic mass is 9.98. The Bertz CT molecular complexity index is 1700. The van der Waals surface area contributed by atoms with Gasteiger partial charge in [0.25, 0.3) is 22.7 Å². The molecule has 0 aliphatic rings. The first-order chi connectivity index (χ1) is 21.7. The molecule has 0 saturated heterocycles. The van der Waals surface area contributed by atoms with Crippen molar-refractivity contribution in [2.45, 2.75) is 65.1 Å². The predicted molar refractivity (Wildman–Crippen MR) is 163 cm³/mol. The number of halogens is 3. The number of esters is 1. The summed E-state index contributed by atoms with van der Waals surface area (Å²) in [5.74, 6) is -1.82. The Labute approximate surface area is 270 Å². The number of hydrogen-bond acceptors (Lipinski definition) is 9. The second-order valence-corrected chi connectivity index (χ2v) is 13.8. The van der Waals surface area contributed by atoms with Crippen LogP contribution in [-0.2, 0) is 35.4 Å². The van der Waals surface area contributed by atoms with Gasteiger partial charge in [0.2, 0.25) is 5.28 Å². The molecule has 0 spiro atoms. The van der Waals surface area contributed by atoms with Crippen LogP contribution in [0.1, 0.15) is 52.3 Å². The van der Waals surface area contributed by atoms with Crippen LogP contribution >= 0.6 is 0 Å². The third kappa shape index (κ3) is 9.67. The Morgan fingerprint density at radius 2 is 1.68 bits per heavy atom. The summed E-state index contributed by atoms with van der Waals surface area (Å²) >= 11 is 0. The molecule has 1 atom stereocenters. The van der Waals surface area contributed by atoms with Gasteiger partial charge >= 0.3 is 12.1 Å². The van der Waals surface area contributed by atoms with E-state index in [4.69, 9.17) is 9.57 Å². The summed E-state index contributed by atoms with van der Waals surface area (Å²) in [5, 5.41) is 20.3. The normalized spacial score (nSPS) is 13.3. The summed E-state index contributed by atoms with van der Waals surface area (Å²) in [7, 11) is -3.31. The van der Waals surface area contributed by atoms with E-state index in [9.17, 15) is 36.4 Å². The topological polar surface area (TPSA) is 158 Å². The lowest BCUT2D eigenvalue weighted by Crippen LogP contribution is -2.49. The van der Waals surface area contributed by atoms with Crippen LogP contribution in [0.2, 0.25) is 0 Å². The summed E-state index contributed by atoms with van der Waals surface area (Å²) in [6.07, 6.45) is -4.69. The molecular formula is C30H37F3N6O7S. The van der Waals surface area contributed by atoms with Crippen LogP contribution in [0, 0.1) is 23.5 Å². The van der Waals surface area contributed by atoms with Gasteiger partial charge in [-0.3, -0.25) is 9.59 Å². The van der Waals surface area contributed by atoms with Crippen LogP contribution in [0.25, 0.3) is 16.9 Å². The van der Waals surface area contributed by atoms with Gasteiger partial charge in [-0.2, -0.15) is 18.3 Å². The van der Waals surface area contributed by atoms with E-state index in [0.29, 0.717) is 5.56 Å². The molecule has 0 fully saturated rings. The van der Waals surface area contributed by atoms with Crippen LogP contribution in [-0.4, -0.2) is 59.9 Å². The number of nitrogens with one attached hydrogen (secondary N) is 1. The van der Waals surface area contributed by atoms with Crippen molar-refractivity contribution in [3.63, 3.8) is 0 Å². The standard InChI is InChI=1S/C30H37F3N6O7S/c1-19(2)16-25(37(7)39(42)36-46-18-45-28(41)29(4,5)6)27(40)35-47(43,44)23-14-12-22(13-15-23)38-24(17-26(34-38)30(31,32)33)21-10-8-20(3)9-11-21/h8-15,17,19,25H,16,18H2,1-7H3,(H,35,40)/t25-/m0/s1. The fourth-order valence-corrected chi connectivity index (χ4v) is 5.11. The minimum absolute atomic E-state index is 0.0344. The van der Waals surface area contributed by atoms with E-state index in [1.165, 1.54) is 19.2 Å². The lowest BCUT2D eigenvalue weighted by Gasteiger charge is -2.24. The Morgan fingerprint density at radius 3 is 2.21 bits per heavy atom. The molecule has 0 aliphatic heterocycles. The number of aromatic nitrogens is 2. The number of alkyl halides is 3. The van der Waals surface area contributed by atoms with Crippen molar-refractivity contribution >= 4 is 21.9 Å². The number of carbonyl (C=O) groups excluding carboxylic acids is 2. The number of aryl methyl sites for hydroxylation is 1. The van der Waals surface area contributed by atoms with Crippen molar-refractivity contribution in [2.24, 2.45) is 16.6 Å². The van der Waals surface area contributed by atoms with Gasteiger partial charge in [0, 0.05) is 5.56 Å². The van der Waals surface area contributed by atoms with Crippen molar-refractivity contribution < 1.29 is 45.7 Å². The number of amides is 1. The van der Waals surface area contributed by atoms with Crippen molar-refractivity contribution in [1.29, 1.82) is 0 Å². The molecule has 1 heterocycles. The van der Waals surface area contributed by atoms with Crippen LogP contribution in [0.5, 0.6) is 0 Å². The van der Waals surface area contributed by atoms with Crippen molar-refractivity contribution in [2.75, 3.05) is 13.8 Å². The number of hydrogen-bond donors (Lipinski definition) is 1. The molecule has 17 heteroatoms. The number of hydrazine groups is 1. The molecule has 0 bridgehead atoms. The molecule has 47 heavy (non-hydrogen) atoms. The average molecular weight is 683 g/mol. The first-order valence-electron chi connectivity index (χ1n) is 14.3. The zero-order valence-corrected chi connectivity index (χ0v) is 27.7. The van der Waals surface area contributed by atoms with Crippen LogP contribution in [0.4, 0.5) is 13.2 Å². The zero-order valence-electron chi connectivity index (χ0n) is 26.9. The molecule has 0 radical (unpaired) electrons. The molecular weight excluding hydrogens is 645 g/mol. The molecule has 0 aliphatic carbocycles. The average Bonchev–Trinajstić information content (AvgIpc) is 3.43. The molecule has 1 aromatic heterocycles. The fraction of sp³-hybridized carbons (Fsp3) is 0.433. The van der Waals surface area contributed by atoms with Crippen molar-refractivity contribution in [3.05, 3.63) is 71.1 Å².